The zero-order valence-corrected chi connectivity index (χ0v) is 10.4. The molecule has 17 heavy (non-hydrogen) atoms. The summed E-state index contributed by atoms with van der Waals surface area (Å²) < 4.78 is 1.92. The number of carbonyl (C=O) groups excluding carboxylic acids is 1. The van der Waals surface area contributed by atoms with Crippen LogP contribution in [-0.4, -0.2) is 10.5 Å². The Balaban J connectivity index is 2.32. The molecule has 0 aliphatic rings. The molecule has 1 aromatic carbocycles. The van der Waals surface area contributed by atoms with Gasteiger partial charge in [0, 0.05) is 29.6 Å². The summed E-state index contributed by atoms with van der Waals surface area (Å²) in [7, 11) is 0. The van der Waals surface area contributed by atoms with E-state index in [1.807, 2.05) is 22.9 Å². The third kappa shape index (κ3) is 2.54. The average Bonchev–Trinajstić information content (AvgIpc) is 2.69. The molecule has 0 spiro atoms. The number of hydrazine groups is 1. The smallest absolute Gasteiger partial charge is 0.235 e. The number of nitrogens with zero attached hydrogens (tertiary/aromatic N) is 1. The monoisotopic (exact) mass is 271 g/mol. The van der Waals surface area contributed by atoms with Gasteiger partial charge in [-0.25, -0.2) is 5.84 Å². The van der Waals surface area contributed by atoms with Gasteiger partial charge < -0.3 is 4.57 Å². The third-order valence-corrected chi connectivity index (χ3v) is 3.07. The lowest BCUT2D eigenvalue weighted by Gasteiger charge is -2.05. The number of carbonyl (C=O) groups is 1. The van der Waals surface area contributed by atoms with Gasteiger partial charge in [-0.1, -0.05) is 23.2 Å². The number of nitrogens with one attached hydrogen (secondary N) is 1. The molecule has 4 nitrogen and oxygen atoms in total. The van der Waals surface area contributed by atoms with Gasteiger partial charge in [0.2, 0.25) is 5.91 Å². The molecule has 2 aromatic rings. The summed E-state index contributed by atoms with van der Waals surface area (Å²) in [5.41, 5.74) is 3.00. The van der Waals surface area contributed by atoms with E-state index in [2.05, 4.69) is 5.43 Å². The van der Waals surface area contributed by atoms with Crippen molar-refractivity contribution in [1.29, 1.82) is 0 Å². The van der Waals surface area contributed by atoms with E-state index in [4.69, 9.17) is 29.0 Å². The maximum Gasteiger partial charge on any atom is 0.235 e. The number of halogens is 2. The quantitative estimate of drug-likeness (QED) is 0.511. The number of hydrogen-bond donors (Lipinski definition) is 2. The summed E-state index contributed by atoms with van der Waals surface area (Å²) in [5, 5.41) is 2.10. The van der Waals surface area contributed by atoms with Crippen molar-refractivity contribution in [3.05, 3.63) is 34.4 Å². The Kier molecular flexibility index (Phi) is 3.57. The number of amides is 1. The molecule has 0 unspecified atom stereocenters. The zero-order valence-electron chi connectivity index (χ0n) is 8.91. The number of nitrogens with two attached hydrogens (primary N) is 1. The van der Waals surface area contributed by atoms with Crippen LogP contribution >= 0.6 is 23.2 Å². The highest BCUT2D eigenvalue weighted by molar-refractivity contribution is 6.38. The molecular formula is C11H11Cl2N3O. The largest absolute Gasteiger partial charge is 0.347 e. The van der Waals surface area contributed by atoms with E-state index in [1.165, 1.54) is 0 Å². The lowest BCUT2D eigenvalue weighted by atomic mass is 10.2. The van der Waals surface area contributed by atoms with Crippen LogP contribution in [0.3, 0.4) is 0 Å². The number of fused-ring (bicyclic) bond motifs is 1. The van der Waals surface area contributed by atoms with Gasteiger partial charge in [0.1, 0.15) is 0 Å². The molecule has 0 aliphatic carbocycles. The minimum absolute atomic E-state index is 0.208. The van der Waals surface area contributed by atoms with Gasteiger partial charge in [0.25, 0.3) is 0 Å². The molecule has 0 atom stereocenters. The molecule has 1 heterocycles. The van der Waals surface area contributed by atoms with Crippen molar-refractivity contribution in [2.45, 2.75) is 13.0 Å². The molecule has 0 saturated carbocycles. The summed E-state index contributed by atoms with van der Waals surface area (Å²) in [4.78, 5) is 11.1. The maximum atomic E-state index is 11.1. The first-order valence-electron chi connectivity index (χ1n) is 5.05. The number of rotatable bonds is 3. The van der Waals surface area contributed by atoms with Crippen molar-refractivity contribution in [3.63, 3.8) is 0 Å². The molecule has 1 aromatic heterocycles. The Hall–Kier alpha value is -1.23. The standard InChI is InChI=1S/C11H11Cl2N3O/c12-7-5-9(13)8-1-3-16(10(8)6-7)4-2-11(17)15-14/h1,3,5-6H,2,4,14H2,(H,15,17). The lowest BCUT2D eigenvalue weighted by Crippen LogP contribution is -2.30. The van der Waals surface area contributed by atoms with Crippen LogP contribution in [0, 0.1) is 0 Å². The predicted molar refractivity (Wildman–Crippen MR) is 68.9 cm³/mol. The number of aryl methyl sites for hydroxylation is 1. The molecule has 0 saturated heterocycles. The van der Waals surface area contributed by atoms with Crippen LogP contribution in [0.15, 0.2) is 24.4 Å². The second-order valence-electron chi connectivity index (χ2n) is 3.65. The molecule has 90 valence electrons. The average molecular weight is 272 g/mol. The number of aromatic nitrogens is 1. The molecule has 2 rings (SSSR count). The van der Waals surface area contributed by atoms with Crippen LogP contribution in [0.25, 0.3) is 10.9 Å². The normalized spacial score (nSPS) is 10.8. The van der Waals surface area contributed by atoms with Crippen molar-refractivity contribution in [2.24, 2.45) is 5.84 Å². The molecule has 0 bridgehead atoms. The number of benzene rings is 1. The van der Waals surface area contributed by atoms with Crippen molar-refractivity contribution in [3.8, 4) is 0 Å². The van der Waals surface area contributed by atoms with E-state index in [-0.39, 0.29) is 5.91 Å². The van der Waals surface area contributed by atoms with E-state index in [9.17, 15) is 4.79 Å². The third-order valence-electron chi connectivity index (χ3n) is 2.54. The molecular weight excluding hydrogens is 261 g/mol. The lowest BCUT2D eigenvalue weighted by molar-refractivity contribution is -0.121. The summed E-state index contributed by atoms with van der Waals surface area (Å²) in [6, 6.07) is 5.42. The highest BCUT2D eigenvalue weighted by atomic mass is 35.5. The van der Waals surface area contributed by atoms with E-state index < -0.39 is 0 Å². The first-order chi connectivity index (χ1) is 8.11. The highest BCUT2D eigenvalue weighted by Crippen LogP contribution is 2.28. The van der Waals surface area contributed by atoms with Crippen LogP contribution < -0.4 is 11.3 Å². The van der Waals surface area contributed by atoms with Gasteiger partial charge in [-0.2, -0.15) is 0 Å². The summed E-state index contributed by atoms with van der Waals surface area (Å²) >= 11 is 12.0. The van der Waals surface area contributed by atoms with Gasteiger partial charge in [-0.15, -0.1) is 0 Å². The van der Waals surface area contributed by atoms with Crippen LogP contribution in [0.1, 0.15) is 6.42 Å². The molecule has 6 heteroatoms. The number of hydrogen-bond acceptors (Lipinski definition) is 2. The van der Waals surface area contributed by atoms with E-state index in [0.717, 1.165) is 10.9 Å². The van der Waals surface area contributed by atoms with Gasteiger partial charge in [-0.05, 0) is 18.2 Å². The second-order valence-corrected chi connectivity index (χ2v) is 4.49. The molecule has 1 amide bonds. The fourth-order valence-corrected chi connectivity index (χ4v) is 2.25. The topological polar surface area (TPSA) is 60.0 Å². The van der Waals surface area contributed by atoms with Gasteiger partial charge in [0.05, 0.1) is 10.5 Å². The minimum atomic E-state index is -0.208. The predicted octanol–water partition coefficient (Wildman–Crippen LogP) is 2.33. The van der Waals surface area contributed by atoms with Crippen molar-refractivity contribution >= 4 is 40.0 Å². The summed E-state index contributed by atoms with van der Waals surface area (Å²) in [6.45, 7) is 0.531. The van der Waals surface area contributed by atoms with Crippen LogP contribution in [-0.2, 0) is 11.3 Å². The Morgan fingerprint density at radius 2 is 2.18 bits per heavy atom. The Labute approximate surface area is 108 Å². The van der Waals surface area contributed by atoms with Gasteiger partial charge in [0.15, 0.2) is 0 Å². The molecule has 0 aliphatic heterocycles. The van der Waals surface area contributed by atoms with Crippen molar-refractivity contribution in [2.75, 3.05) is 0 Å². The van der Waals surface area contributed by atoms with E-state index in [1.54, 1.807) is 6.07 Å². The zero-order chi connectivity index (χ0) is 12.4. The first-order valence-corrected chi connectivity index (χ1v) is 5.80. The Morgan fingerprint density at radius 3 is 2.88 bits per heavy atom. The van der Waals surface area contributed by atoms with Gasteiger partial charge >= 0.3 is 0 Å². The van der Waals surface area contributed by atoms with Crippen LogP contribution in [0.4, 0.5) is 0 Å². The summed E-state index contributed by atoms with van der Waals surface area (Å²) in [6.07, 6.45) is 2.18. The molecule has 0 fully saturated rings. The minimum Gasteiger partial charge on any atom is -0.347 e. The van der Waals surface area contributed by atoms with E-state index in [0.29, 0.717) is 23.0 Å². The van der Waals surface area contributed by atoms with Crippen molar-refractivity contribution < 1.29 is 4.79 Å². The fraction of sp³-hybridized carbons (Fsp3) is 0.182. The Bertz CT molecular complexity index is 565. The highest BCUT2D eigenvalue weighted by Gasteiger charge is 2.07. The fourth-order valence-electron chi connectivity index (χ4n) is 1.71. The second kappa shape index (κ2) is 4.96. The summed E-state index contributed by atoms with van der Waals surface area (Å²) in [5.74, 6) is 4.81. The van der Waals surface area contributed by atoms with Crippen LogP contribution in [0.5, 0.6) is 0 Å². The first kappa shape index (κ1) is 12.2. The van der Waals surface area contributed by atoms with Gasteiger partial charge in [-0.3, -0.25) is 10.2 Å². The molecule has 0 radical (unpaired) electrons. The SMILES string of the molecule is NNC(=O)CCn1ccc2c(Cl)cc(Cl)cc21. The van der Waals surface area contributed by atoms with Crippen LogP contribution in [0.2, 0.25) is 10.0 Å². The van der Waals surface area contributed by atoms with Crippen molar-refractivity contribution in [1.82, 2.24) is 9.99 Å². The Morgan fingerprint density at radius 1 is 1.41 bits per heavy atom. The maximum absolute atomic E-state index is 11.1. The molecule has 3 N–H and O–H groups in total. The van der Waals surface area contributed by atoms with E-state index >= 15 is 0 Å².